The minimum Gasteiger partial charge on any atom is -0.496 e. The molecule has 6 heteroatoms. The highest BCUT2D eigenvalue weighted by atomic mass is 16.5. The lowest BCUT2D eigenvalue weighted by atomic mass is 10.1. The number of amides is 1. The molecule has 1 amide bonds. The number of piperazine rings is 1. The molecule has 0 atom stereocenters. The first-order chi connectivity index (χ1) is 14.0. The van der Waals surface area contributed by atoms with Gasteiger partial charge in [0.2, 0.25) is 0 Å². The van der Waals surface area contributed by atoms with Crippen molar-refractivity contribution in [2.45, 2.75) is 20.4 Å². The number of ketones is 1. The number of quaternary nitrogens is 2. The highest BCUT2D eigenvalue weighted by Crippen LogP contribution is 2.18. The van der Waals surface area contributed by atoms with Gasteiger partial charge in [-0.05, 0) is 38.1 Å². The van der Waals surface area contributed by atoms with E-state index in [-0.39, 0.29) is 11.7 Å². The van der Waals surface area contributed by atoms with E-state index in [1.165, 1.54) is 27.9 Å². The Kier molecular flexibility index (Phi) is 7.01. The molecule has 1 fully saturated rings. The molecule has 3 rings (SSSR count). The molecular formula is C23H31N3O3+2. The van der Waals surface area contributed by atoms with Crippen molar-refractivity contribution in [2.75, 3.05) is 45.2 Å². The fourth-order valence-electron chi connectivity index (χ4n) is 3.95. The first kappa shape index (κ1) is 21.0. The molecule has 0 aliphatic carbocycles. The van der Waals surface area contributed by atoms with Gasteiger partial charge in [0, 0.05) is 11.1 Å². The average molecular weight is 398 g/mol. The quantitative estimate of drug-likeness (QED) is 0.582. The van der Waals surface area contributed by atoms with Gasteiger partial charge in [0.05, 0.1) is 12.8 Å². The number of carbonyl (C=O) groups is 2. The molecule has 0 saturated carbocycles. The van der Waals surface area contributed by atoms with Crippen LogP contribution in [0.2, 0.25) is 0 Å². The Balaban J connectivity index is 1.51. The largest absolute Gasteiger partial charge is 0.496 e. The zero-order valence-electron chi connectivity index (χ0n) is 17.5. The van der Waals surface area contributed by atoms with E-state index in [0.29, 0.717) is 17.8 Å². The van der Waals surface area contributed by atoms with Gasteiger partial charge in [-0.3, -0.25) is 9.59 Å². The Bertz CT molecular complexity index is 873. The second-order valence-electron chi connectivity index (χ2n) is 7.82. The summed E-state index contributed by atoms with van der Waals surface area (Å²) < 4.78 is 5.50. The van der Waals surface area contributed by atoms with Crippen LogP contribution in [0, 0.1) is 6.92 Å². The molecule has 29 heavy (non-hydrogen) atoms. The van der Waals surface area contributed by atoms with E-state index in [1.807, 2.05) is 18.2 Å². The lowest BCUT2D eigenvalue weighted by molar-refractivity contribution is -1.02. The van der Waals surface area contributed by atoms with Crippen molar-refractivity contribution >= 4 is 17.4 Å². The number of carbonyl (C=O) groups excluding carboxylic acids is 2. The van der Waals surface area contributed by atoms with Gasteiger partial charge in [0.25, 0.3) is 5.91 Å². The Morgan fingerprint density at radius 2 is 1.72 bits per heavy atom. The lowest BCUT2D eigenvalue weighted by Gasteiger charge is -2.29. The third-order valence-electron chi connectivity index (χ3n) is 5.53. The van der Waals surface area contributed by atoms with Crippen molar-refractivity contribution in [2.24, 2.45) is 0 Å². The van der Waals surface area contributed by atoms with E-state index in [2.05, 4.69) is 24.4 Å². The molecule has 2 aromatic carbocycles. The summed E-state index contributed by atoms with van der Waals surface area (Å²) in [5.41, 5.74) is 3.63. The SMILES string of the molecule is COc1ccc(C)cc1C[NH+]1CC[NH+](CC(=O)Nc2ccccc2C(C)=O)CC1. The Labute approximate surface area is 172 Å². The van der Waals surface area contributed by atoms with E-state index in [9.17, 15) is 9.59 Å². The molecule has 1 heterocycles. The molecule has 6 nitrogen and oxygen atoms in total. The molecule has 0 radical (unpaired) electrons. The van der Waals surface area contributed by atoms with Gasteiger partial charge in [0.15, 0.2) is 12.3 Å². The number of rotatable bonds is 7. The summed E-state index contributed by atoms with van der Waals surface area (Å²) in [5, 5.41) is 2.91. The van der Waals surface area contributed by atoms with Crippen molar-refractivity contribution < 1.29 is 24.1 Å². The number of anilines is 1. The molecule has 0 unspecified atom stereocenters. The van der Waals surface area contributed by atoms with Crippen LogP contribution in [-0.4, -0.2) is 51.5 Å². The maximum absolute atomic E-state index is 12.5. The lowest BCUT2D eigenvalue weighted by Crippen LogP contribution is -3.28. The predicted octanol–water partition coefficient (Wildman–Crippen LogP) is 0.128. The fourth-order valence-corrected chi connectivity index (χ4v) is 3.95. The second kappa shape index (κ2) is 9.67. The Morgan fingerprint density at radius 1 is 1.03 bits per heavy atom. The van der Waals surface area contributed by atoms with E-state index in [4.69, 9.17) is 4.74 Å². The number of nitrogens with one attached hydrogen (secondary N) is 3. The third kappa shape index (κ3) is 5.65. The zero-order chi connectivity index (χ0) is 20.8. The fraction of sp³-hybridized carbons (Fsp3) is 0.391. The van der Waals surface area contributed by atoms with E-state index < -0.39 is 0 Å². The maximum Gasteiger partial charge on any atom is 0.279 e. The number of Topliss-reactive ketones (excluding diaryl/α,β-unsaturated/α-hetero) is 1. The van der Waals surface area contributed by atoms with E-state index in [1.54, 1.807) is 19.2 Å². The molecular weight excluding hydrogens is 366 g/mol. The van der Waals surface area contributed by atoms with Crippen molar-refractivity contribution in [1.82, 2.24) is 0 Å². The van der Waals surface area contributed by atoms with Crippen LogP contribution in [-0.2, 0) is 11.3 Å². The number of hydrogen-bond donors (Lipinski definition) is 3. The topological polar surface area (TPSA) is 64.3 Å². The van der Waals surface area contributed by atoms with Crippen LogP contribution in [0.3, 0.4) is 0 Å². The average Bonchev–Trinajstić information content (AvgIpc) is 2.70. The Hall–Kier alpha value is -2.70. The molecule has 1 saturated heterocycles. The van der Waals surface area contributed by atoms with Crippen molar-refractivity contribution in [3.63, 3.8) is 0 Å². The summed E-state index contributed by atoms with van der Waals surface area (Å²) >= 11 is 0. The summed E-state index contributed by atoms with van der Waals surface area (Å²) in [6.07, 6.45) is 0. The third-order valence-corrected chi connectivity index (χ3v) is 5.53. The second-order valence-corrected chi connectivity index (χ2v) is 7.82. The highest BCUT2D eigenvalue weighted by molar-refractivity contribution is 6.03. The van der Waals surface area contributed by atoms with Gasteiger partial charge in [-0.25, -0.2) is 0 Å². The van der Waals surface area contributed by atoms with Crippen molar-refractivity contribution in [3.8, 4) is 5.75 Å². The number of ether oxygens (including phenoxy) is 1. The van der Waals surface area contributed by atoms with Gasteiger partial charge < -0.3 is 19.9 Å². The molecule has 1 aliphatic rings. The molecule has 0 spiro atoms. The summed E-state index contributed by atoms with van der Waals surface area (Å²) in [6.45, 7) is 8.91. The summed E-state index contributed by atoms with van der Waals surface area (Å²) in [7, 11) is 1.72. The first-order valence-electron chi connectivity index (χ1n) is 10.2. The van der Waals surface area contributed by atoms with Gasteiger partial charge in [0.1, 0.15) is 38.5 Å². The summed E-state index contributed by atoms with van der Waals surface area (Å²) in [4.78, 5) is 27.0. The smallest absolute Gasteiger partial charge is 0.279 e. The molecule has 3 N–H and O–H groups in total. The maximum atomic E-state index is 12.5. The number of benzene rings is 2. The van der Waals surface area contributed by atoms with Gasteiger partial charge >= 0.3 is 0 Å². The number of para-hydroxylation sites is 1. The molecule has 1 aliphatic heterocycles. The van der Waals surface area contributed by atoms with Gasteiger partial charge in [-0.15, -0.1) is 0 Å². The number of hydrogen-bond acceptors (Lipinski definition) is 3. The van der Waals surface area contributed by atoms with Crippen LogP contribution in [0.1, 0.15) is 28.4 Å². The minimum absolute atomic E-state index is 0.0440. The monoisotopic (exact) mass is 397 g/mol. The number of methoxy groups -OCH3 is 1. The molecule has 2 aromatic rings. The predicted molar refractivity (Wildman–Crippen MR) is 113 cm³/mol. The van der Waals surface area contributed by atoms with Crippen LogP contribution >= 0.6 is 0 Å². The summed E-state index contributed by atoms with van der Waals surface area (Å²) in [6, 6.07) is 13.5. The highest BCUT2D eigenvalue weighted by Gasteiger charge is 2.26. The first-order valence-corrected chi connectivity index (χ1v) is 10.2. The molecule has 0 bridgehead atoms. The zero-order valence-corrected chi connectivity index (χ0v) is 17.5. The van der Waals surface area contributed by atoms with Gasteiger partial charge in [-0.2, -0.15) is 0 Å². The Morgan fingerprint density at radius 3 is 2.41 bits per heavy atom. The van der Waals surface area contributed by atoms with Crippen LogP contribution in [0.15, 0.2) is 42.5 Å². The van der Waals surface area contributed by atoms with Crippen LogP contribution < -0.4 is 19.9 Å². The van der Waals surface area contributed by atoms with Gasteiger partial charge in [-0.1, -0.05) is 23.8 Å². The van der Waals surface area contributed by atoms with Crippen molar-refractivity contribution in [3.05, 3.63) is 59.2 Å². The van der Waals surface area contributed by atoms with Crippen LogP contribution in [0.4, 0.5) is 5.69 Å². The normalized spacial score (nSPS) is 18.9. The summed E-state index contributed by atoms with van der Waals surface area (Å²) in [5.74, 6) is 0.857. The molecule has 0 aromatic heterocycles. The van der Waals surface area contributed by atoms with E-state index >= 15 is 0 Å². The van der Waals surface area contributed by atoms with Crippen molar-refractivity contribution in [1.29, 1.82) is 0 Å². The molecule has 154 valence electrons. The van der Waals surface area contributed by atoms with Crippen LogP contribution in [0.5, 0.6) is 5.75 Å². The minimum atomic E-state index is -0.0444. The standard InChI is InChI=1S/C23H29N3O3/c1-17-8-9-22(29-3)19(14-17)15-25-10-12-26(13-11-25)16-23(28)24-21-7-5-4-6-20(21)18(2)27/h4-9,14H,10-13,15-16H2,1-3H3,(H,24,28)/p+2. The van der Waals surface area contributed by atoms with Crippen LogP contribution in [0.25, 0.3) is 0 Å². The number of aryl methyl sites for hydroxylation is 1. The van der Waals surface area contributed by atoms with E-state index in [0.717, 1.165) is 38.5 Å².